The normalized spacial score (nSPS) is 12.4. The third-order valence-corrected chi connectivity index (χ3v) is 5.66. The van der Waals surface area contributed by atoms with Crippen LogP contribution in [-0.4, -0.2) is 39.7 Å². The zero-order valence-electron chi connectivity index (χ0n) is 16.8. The number of hydrogen-bond acceptors (Lipinski definition) is 4. The molecule has 146 valence electrons. The molecule has 2 aromatic carbocycles. The van der Waals surface area contributed by atoms with E-state index >= 15 is 0 Å². The molecule has 28 heavy (non-hydrogen) atoms. The number of carbonyl (C=O) groups is 1. The Hall–Kier alpha value is -2.60. The number of thioether (sulfide) groups is 1. The van der Waals surface area contributed by atoms with Crippen LogP contribution in [0.15, 0.2) is 58.5 Å². The largest absolute Gasteiger partial charge is 0.348 e. The molecule has 0 spiro atoms. The zero-order chi connectivity index (χ0) is 20.4. The predicted octanol–water partition coefficient (Wildman–Crippen LogP) is 4.08. The number of hydrogen-bond donors (Lipinski definition) is 0. The van der Waals surface area contributed by atoms with Crippen LogP contribution in [-0.2, 0) is 4.79 Å². The van der Waals surface area contributed by atoms with Crippen molar-refractivity contribution >= 4 is 28.6 Å². The van der Waals surface area contributed by atoms with Crippen LogP contribution in [0.1, 0.15) is 32.3 Å². The maximum atomic E-state index is 13.4. The van der Waals surface area contributed by atoms with Crippen LogP contribution in [0, 0.1) is 0 Å². The summed E-state index contributed by atoms with van der Waals surface area (Å²) >= 11 is 1.31. The molecular formula is C22H25N3O2S. The van der Waals surface area contributed by atoms with E-state index < -0.39 is 0 Å². The van der Waals surface area contributed by atoms with Gasteiger partial charge in [-0.1, -0.05) is 55.9 Å². The summed E-state index contributed by atoms with van der Waals surface area (Å²) in [5.41, 5.74) is 2.39. The number of amides is 1. The zero-order valence-corrected chi connectivity index (χ0v) is 17.7. The standard InChI is InChI=1S/C22H25N3O2S/c1-14(2)16-10-7-9-13-19(16)25-21(27)17-11-6-8-12-18(17)23-22(25)28-15(3)20(26)24(4)5/h6-15H,1-5H3/t15-/m0/s1. The van der Waals surface area contributed by atoms with Crippen molar-refractivity contribution in [2.24, 2.45) is 0 Å². The van der Waals surface area contributed by atoms with Crippen LogP contribution in [0.5, 0.6) is 0 Å². The molecule has 0 saturated heterocycles. The van der Waals surface area contributed by atoms with E-state index in [1.807, 2.05) is 49.4 Å². The topological polar surface area (TPSA) is 55.2 Å². The Morgan fingerprint density at radius 3 is 2.36 bits per heavy atom. The highest BCUT2D eigenvalue weighted by Gasteiger charge is 2.22. The van der Waals surface area contributed by atoms with E-state index in [2.05, 4.69) is 13.8 Å². The molecule has 1 atom stereocenters. The third-order valence-electron chi connectivity index (χ3n) is 4.62. The van der Waals surface area contributed by atoms with Gasteiger partial charge in [0.1, 0.15) is 0 Å². The van der Waals surface area contributed by atoms with Gasteiger partial charge in [0, 0.05) is 14.1 Å². The maximum Gasteiger partial charge on any atom is 0.266 e. The Labute approximate surface area is 169 Å². The van der Waals surface area contributed by atoms with Gasteiger partial charge in [-0.05, 0) is 36.6 Å². The van der Waals surface area contributed by atoms with Crippen molar-refractivity contribution in [2.45, 2.75) is 37.1 Å². The van der Waals surface area contributed by atoms with Gasteiger partial charge in [-0.3, -0.25) is 14.2 Å². The smallest absolute Gasteiger partial charge is 0.266 e. The second kappa shape index (κ2) is 8.19. The van der Waals surface area contributed by atoms with Crippen molar-refractivity contribution in [3.63, 3.8) is 0 Å². The van der Waals surface area contributed by atoms with Crippen LogP contribution in [0.3, 0.4) is 0 Å². The van der Waals surface area contributed by atoms with Crippen LogP contribution < -0.4 is 5.56 Å². The molecule has 3 aromatic rings. The monoisotopic (exact) mass is 395 g/mol. The van der Waals surface area contributed by atoms with Gasteiger partial charge in [0.15, 0.2) is 5.16 Å². The third kappa shape index (κ3) is 3.83. The lowest BCUT2D eigenvalue weighted by molar-refractivity contribution is -0.127. The van der Waals surface area contributed by atoms with Crippen LogP contribution in [0.2, 0.25) is 0 Å². The van der Waals surface area contributed by atoms with Crippen LogP contribution >= 0.6 is 11.8 Å². The molecule has 6 heteroatoms. The molecule has 0 bridgehead atoms. The first-order valence-electron chi connectivity index (χ1n) is 9.30. The number of carbonyl (C=O) groups excluding carboxylic acids is 1. The molecule has 0 fully saturated rings. The van der Waals surface area contributed by atoms with Crippen molar-refractivity contribution in [3.05, 3.63) is 64.4 Å². The quantitative estimate of drug-likeness (QED) is 0.483. The summed E-state index contributed by atoms with van der Waals surface area (Å²) < 4.78 is 1.65. The van der Waals surface area contributed by atoms with E-state index in [4.69, 9.17) is 4.98 Å². The Bertz CT molecular complexity index is 1070. The number of rotatable bonds is 5. The Kier molecular flexibility index (Phi) is 5.89. The van der Waals surface area contributed by atoms with Crippen LogP contribution in [0.25, 0.3) is 16.6 Å². The SMILES string of the molecule is CC(C)c1ccccc1-n1c(S[C@@H](C)C(=O)N(C)C)nc2ccccc2c1=O. The fourth-order valence-corrected chi connectivity index (χ4v) is 4.22. The number of aromatic nitrogens is 2. The van der Waals surface area contributed by atoms with Gasteiger partial charge in [-0.25, -0.2) is 4.98 Å². The molecule has 0 aliphatic rings. The molecular weight excluding hydrogens is 370 g/mol. The summed E-state index contributed by atoms with van der Waals surface area (Å²) in [7, 11) is 3.46. The van der Waals surface area contributed by atoms with Gasteiger partial charge in [0.25, 0.3) is 5.56 Å². The van der Waals surface area contributed by atoms with Crippen molar-refractivity contribution in [1.29, 1.82) is 0 Å². The van der Waals surface area contributed by atoms with E-state index in [1.165, 1.54) is 11.8 Å². The minimum atomic E-state index is -0.361. The molecule has 1 heterocycles. The first kappa shape index (κ1) is 20.1. The molecule has 0 aliphatic heterocycles. The predicted molar refractivity (Wildman–Crippen MR) is 115 cm³/mol. The molecule has 3 rings (SSSR count). The summed E-state index contributed by atoms with van der Waals surface area (Å²) in [4.78, 5) is 32.1. The summed E-state index contributed by atoms with van der Waals surface area (Å²) in [6.07, 6.45) is 0. The Balaban J connectivity index is 2.27. The fourth-order valence-electron chi connectivity index (χ4n) is 3.16. The minimum Gasteiger partial charge on any atom is -0.348 e. The van der Waals surface area contributed by atoms with E-state index in [9.17, 15) is 9.59 Å². The lowest BCUT2D eigenvalue weighted by Crippen LogP contribution is -2.31. The second-order valence-corrected chi connectivity index (χ2v) is 8.57. The van der Waals surface area contributed by atoms with Gasteiger partial charge in [0.05, 0.1) is 21.8 Å². The van der Waals surface area contributed by atoms with Crippen LogP contribution in [0.4, 0.5) is 0 Å². The lowest BCUT2D eigenvalue weighted by Gasteiger charge is -2.21. The number of benzene rings is 2. The Morgan fingerprint density at radius 1 is 1.04 bits per heavy atom. The lowest BCUT2D eigenvalue weighted by atomic mass is 10.0. The molecule has 0 N–H and O–H groups in total. The highest BCUT2D eigenvalue weighted by Crippen LogP contribution is 2.29. The van der Waals surface area contributed by atoms with Gasteiger partial charge >= 0.3 is 0 Å². The second-order valence-electron chi connectivity index (χ2n) is 7.26. The minimum absolute atomic E-state index is 0.0175. The van der Waals surface area contributed by atoms with E-state index in [0.29, 0.717) is 16.1 Å². The summed E-state index contributed by atoms with van der Waals surface area (Å²) in [6, 6.07) is 15.2. The average Bonchev–Trinajstić information content (AvgIpc) is 2.67. The van der Waals surface area contributed by atoms with Crippen molar-refractivity contribution < 1.29 is 4.79 Å². The highest BCUT2D eigenvalue weighted by atomic mass is 32.2. The maximum absolute atomic E-state index is 13.4. The number of para-hydroxylation sites is 2. The van der Waals surface area contributed by atoms with Crippen molar-refractivity contribution in [2.75, 3.05) is 14.1 Å². The first-order chi connectivity index (χ1) is 13.3. The summed E-state index contributed by atoms with van der Waals surface area (Å²) in [5.74, 6) is 0.226. The van der Waals surface area contributed by atoms with E-state index in [1.54, 1.807) is 29.6 Å². The van der Waals surface area contributed by atoms with E-state index in [0.717, 1.165) is 11.3 Å². The molecule has 0 saturated carbocycles. The first-order valence-corrected chi connectivity index (χ1v) is 10.2. The molecule has 0 radical (unpaired) electrons. The number of nitrogens with zero attached hydrogens (tertiary/aromatic N) is 3. The van der Waals surface area contributed by atoms with Gasteiger partial charge in [-0.15, -0.1) is 0 Å². The summed E-state index contributed by atoms with van der Waals surface area (Å²) in [5, 5.41) is 0.733. The number of fused-ring (bicyclic) bond motifs is 1. The Morgan fingerprint density at radius 2 is 1.68 bits per heavy atom. The average molecular weight is 396 g/mol. The molecule has 0 unspecified atom stereocenters. The van der Waals surface area contributed by atoms with Crippen molar-refractivity contribution in [3.8, 4) is 5.69 Å². The molecule has 1 aromatic heterocycles. The van der Waals surface area contributed by atoms with Gasteiger partial charge in [-0.2, -0.15) is 0 Å². The van der Waals surface area contributed by atoms with E-state index in [-0.39, 0.29) is 22.6 Å². The molecule has 0 aliphatic carbocycles. The molecule has 1 amide bonds. The fraction of sp³-hybridized carbons (Fsp3) is 0.318. The summed E-state index contributed by atoms with van der Waals surface area (Å²) in [6.45, 7) is 6.04. The van der Waals surface area contributed by atoms with Gasteiger partial charge < -0.3 is 4.90 Å². The molecule has 5 nitrogen and oxygen atoms in total. The van der Waals surface area contributed by atoms with Gasteiger partial charge in [0.2, 0.25) is 5.91 Å². The van der Waals surface area contributed by atoms with Crippen molar-refractivity contribution in [1.82, 2.24) is 14.5 Å². The highest BCUT2D eigenvalue weighted by molar-refractivity contribution is 8.00.